The molecule has 5 nitrogen and oxygen atoms in total. The van der Waals surface area contributed by atoms with Crippen molar-refractivity contribution >= 4 is 27.5 Å². The number of carbonyl (C=O) groups excluding carboxylic acids is 1. The third kappa shape index (κ3) is 3.69. The molecule has 0 spiro atoms. The van der Waals surface area contributed by atoms with Crippen molar-refractivity contribution < 1.29 is 9.18 Å². The van der Waals surface area contributed by atoms with Gasteiger partial charge in [0.1, 0.15) is 16.5 Å². The number of thiophene rings is 1. The number of hydrogen-bond acceptors (Lipinski definition) is 4. The predicted octanol–water partition coefficient (Wildman–Crippen LogP) is 3.64. The highest BCUT2D eigenvalue weighted by Gasteiger charge is 2.20. The molecule has 0 radical (unpaired) electrons. The monoisotopic (exact) mass is 407 g/mol. The van der Waals surface area contributed by atoms with Crippen molar-refractivity contribution in [2.45, 2.75) is 19.9 Å². The Morgan fingerprint density at radius 3 is 2.55 bits per heavy atom. The maximum absolute atomic E-state index is 13.7. The standard InChI is InChI=1S/C22H18FN3O2S/c1-13-18-21(29-19(13)20(24)27)25-17(11-14-6-3-2-4-7-14)26(22(18)28)12-15-8-5-9-16(23)10-15/h2-10H,11-12H2,1H3,(H2,24,27). The lowest BCUT2D eigenvalue weighted by Gasteiger charge is -2.13. The SMILES string of the molecule is Cc1c(C(N)=O)sc2nc(Cc3ccccc3)n(Cc3cccc(F)c3)c(=O)c12. The molecule has 0 saturated heterocycles. The minimum Gasteiger partial charge on any atom is -0.365 e. The van der Waals surface area contributed by atoms with Crippen LogP contribution in [-0.4, -0.2) is 15.5 Å². The summed E-state index contributed by atoms with van der Waals surface area (Å²) in [5.74, 6) is -0.390. The van der Waals surface area contributed by atoms with Gasteiger partial charge in [-0.05, 0) is 35.7 Å². The average molecular weight is 407 g/mol. The van der Waals surface area contributed by atoms with Gasteiger partial charge in [0.15, 0.2) is 0 Å². The molecule has 4 rings (SSSR count). The molecular weight excluding hydrogens is 389 g/mol. The van der Waals surface area contributed by atoms with Gasteiger partial charge in [-0.15, -0.1) is 11.3 Å². The number of rotatable bonds is 5. The smallest absolute Gasteiger partial charge is 0.262 e. The second-order valence-electron chi connectivity index (χ2n) is 6.81. The molecule has 0 aliphatic carbocycles. The zero-order valence-corrected chi connectivity index (χ0v) is 16.5. The van der Waals surface area contributed by atoms with E-state index in [1.54, 1.807) is 23.6 Å². The second kappa shape index (κ2) is 7.60. The summed E-state index contributed by atoms with van der Waals surface area (Å²) in [7, 11) is 0. The van der Waals surface area contributed by atoms with E-state index in [-0.39, 0.29) is 17.9 Å². The molecule has 0 aliphatic rings. The highest BCUT2D eigenvalue weighted by Crippen LogP contribution is 2.27. The van der Waals surface area contributed by atoms with E-state index in [1.807, 2.05) is 30.3 Å². The van der Waals surface area contributed by atoms with Crippen molar-refractivity contribution in [3.63, 3.8) is 0 Å². The molecule has 0 aliphatic heterocycles. The first kappa shape index (κ1) is 19.0. The van der Waals surface area contributed by atoms with Gasteiger partial charge in [-0.25, -0.2) is 9.37 Å². The lowest BCUT2D eigenvalue weighted by atomic mass is 10.1. The fraction of sp³-hybridized carbons (Fsp3) is 0.136. The molecule has 2 aromatic carbocycles. The highest BCUT2D eigenvalue weighted by molar-refractivity contribution is 7.20. The van der Waals surface area contributed by atoms with Crippen LogP contribution in [0, 0.1) is 12.7 Å². The molecule has 2 N–H and O–H groups in total. The first-order chi connectivity index (χ1) is 13.9. The van der Waals surface area contributed by atoms with Crippen molar-refractivity contribution in [3.8, 4) is 0 Å². The summed E-state index contributed by atoms with van der Waals surface area (Å²) >= 11 is 1.13. The molecular formula is C22H18FN3O2S. The lowest BCUT2D eigenvalue weighted by Crippen LogP contribution is -2.26. The van der Waals surface area contributed by atoms with Crippen molar-refractivity contribution in [2.75, 3.05) is 0 Å². The minimum absolute atomic E-state index is 0.183. The van der Waals surface area contributed by atoms with Gasteiger partial charge in [0, 0.05) is 6.42 Å². The van der Waals surface area contributed by atoms with Crippen molar-refractivity contribution in [3.05, 3.63) is 98.2 Å². The molecule has 2 aromatic heterocycles. The summed E-state index contributed by atoms with van der Waals surface area (Å²) in [4.78, 5) is 30.6. The number of carbonyl (C=O) groups is 1. The Labute approximate surface area is 170 Å². The third-order valence-electron chi connectivity index (χ3n) is 4.79. The van der Waals surface area contributed by atoms with E-state index in [4.69, 9.17) is 10.7 Å². The van der Waals surface area contributed by atoms with E-state index in [0.29, 0.717) is 38.5 Å². The Hall–Kier alpha value is -3.32. The van der Waals surface area contributed by atoms with Crippen LogP contribution in [0.25, 0.3) is 10.2 Å². The van der Waals surface area contributed by atoms with E-state index in [2.05, 4.69) is 0 Å². The Morgan fingerprint density at radius 1 is 1.14 bits per heavy atom. The molecule has 0 atom stereocenters. The van der Waals surface area contributed by atoms with Crippen molar-refractivity contribution in [1.29, 1.82) is 0 Å². The lowest BCUT2D eigenvalue weighted by molar-refractivity contribution is 0.100. The zero-order chi connectivity index (χ0) is 20.5. The summed E-state index contributed by atoms with van der Waals surface area (Å²) in [6.45, 7) is 1.88. The number of aromatic nitrogens is 2. The molecule has 1 amide bonds. The van der Waals surface area contributed by atoms with E-state index >= 15 is 0 Å². The number of halogens is 1. The van der Waals surface area contributed by atoms with Crippen LogP contribution in [0.3, 0.4) is 0 Å². The van der Waals surface area contributed by atoms with E-state index in [0.717, 1.165) is 16.9 Å². The van der Waals surface area contributed by atoms with Crippen LogP contribution in [0.15, 0.2) is 59.4 Å². The summed E-state index contributed by atoms with van der Waals surface area (Å²) < 4.78 is 15.2. The van der Waals surface area contributed by atoms with Crippen LogP contribution in [0.1, 0.15) is 32.2 Å². The molecule has 146 valence electrons. The van der Waals surface area contributed by atoms with Gasteiger partial charge in [-0.1, -0.05) is 42.5 Å². The number of benzene rings is 2. The summed E-state index contributed by atoms with van der Waals surface area (Å²) in [6, 6.07) is 15.8. The minimum atomic E-state index is -0.578. The van der Waals surface area contributed by atoms with Crippen LogP contribution in [0.5, 0.6) is 0 Å². The van der Waals surface area contributed by atoms with Crippen LogP contribution in [-0.2, 0) is 13.0 Å². The van der Waals surface area contributed by atoms with E-state index in [1.165, 1.54) is 12.1 Å². The first-order valence-corrected chi connectivity index (χ1v) is 9.86. The second-order valence-corrected chi connectivity index (χ2v) is 7.81. The predicted molar refractivity (Wildman–Crippen MR) is 112 cm³/mol. The largest absolute Gasteiger partial charge is 0.365 e. The van der Waals surface area contributed by atoms with Gasteiger partial charge in [0.25, 0.3) is 11.5 Å². The maximum atomic E-state index is 13.7. The molecule has 4 aromatic rings. The normalized spacial score (nSPS) is 11.1. The molecule has 0 unspecified atom stereocenters. The number of nitrogens with zero attached hydrogens (tertiary/aromatic N) is 2. The molecule has 0 bridgehead atoms. The quantitative estimate of drug-likeness (QED) is 0.549. The molecule has 29 heavy (non-hydrogen) atoms. The molecule has 7 heteroatoms. The Kier molecular flexibility index (Phi) is 4.98. The van der Waals surface area contributed by atoms with Crippen molar-refractivity contribution in [1.82, 2.24) is 9.55 Å². The van der Waals surface area contributed by atoms with Gasteiger partial charge >= 0.3 is 0 Å². The molecule has 2 heterocycles. The average Bonchev–Trinajstić information content (AvgIpc) is 3.02. The number of aryl methyl sites for hydroxylation is 1. The van der Waals surface area contributed by atoms with Gasteiger partial charge in [-0.2, -0.15) is 0 Å². The van der Waals surface area contributed by atoms with Gasteiger partial charge in [-0.3, -0.25) is 14.2 Å². The number of nitrogens with two attached hydrogens (primary N) is 1. The molecule has 0 fully saturated rings. The maximum Gasteiger partial charge on any atom is 0.262 e. The summed E-state index contributed by atoms with van der Waals surface area (Å²) in [5.41, 5.74) is 7.39. The summed E-state index contributed by atoms with van der Waals surface area (Å²) in [5, 5.41) is 0.386. The number of hydrogen-bond donors (Lipinski definition) is 1. The van der Waals surface area contributed by atoms with Gasteiger partial charge in [0.2, 0.25) is 0 Å². The number of fused-ring (bicyclic) bond motifs is 1. The topological polar surface area (TPSA) is 78.0 Å². The number of amides is 1. The fourth-order valence-electron chi connectivity index (χ4n) is 3.39. The van der Waals surface area contributed by atoms with Crippen LogP contribution < -0.4 is 11.3 Å². The number of primary amides is 1. The Bertz CT molecular complexity index is 1280. The fourth-order valence-corrected chi connectivity index (χ4v) is 4.43. The van der Waals surface area contributed by atoms with E-state index < -0.39 is 5.91 Å². The highest BCUT2D eigenvalue weighted by atomic mass is 32.1. The Morgan fingerprint density at radius 2 is 1.86 bits per heavy atom. The van der Waals surface area contributed by atoms with Crippen molar-refractivity contribution in [2.24, 2.45) is 5.73 Å². The van der Waals surface area contributed by atoms with Gasteiger partial charge < -0.3 is 5.73 Å². The van der Waals surface area contributed by atoms with Crippen LogP contribution >= 0.6 is 11.3 Å². The zero-order valence-electron chi connectivity index (χ0n) is 15.7. The first-order valence-electron chi connectivity index (χ1n) is 9.05. The summed E-state index contributed by atoms with van der Waals surface area (Å²) in [6.07, 6.45) is 0.435. The Balaban J connectivity index is 1.92. The molecule has 0 saturated carbocycles. The van der Waals surface area contributed by atoms with Gasteiger partial charge in [0.05, 0.1) is 16.8 Å². The third-order valence-corrected chi connectivity index (χ3v) is 5.99. The van der Waals surface area contributed by atoms with E-state index in [9.17, 15) is 14.0 Å². The van der Waals surface area contributed by atoms with Crippen LogP contribution in [0.2, 0.25) is 0 Å². The van der Waals surface area contributed by atoms with Crippen LogP contribution in [0.4, 0.5) is 4.39 Å².